The zero-order chi connectivity index (χ0) is 17.1. The van der Waals surface area contributed by atoms with Crippen LogP contribution in [0.4, 0.5) is 0 Å². The maximum atomic E-state index is 12.4. The lowest BCUT2D eigenvalue weighted by Gasteiger charge is -2.04. The average Bonchev–Trinajstić information content (AvgIpc) is 2.60. The molecule has 0 aliphatic heterocycles. The van der Waals surface area contributed by atoms with Gasteiger partial charge in [0.2, 0.25) is 0 Å². The van der Waals surface area contributed by atoms with Crippen molar-refractivity contribution in [3.8, 4) is 11.5 Å². The van der Waals surface area contributed by atoms with E-state index in [2.05, 4.69) is 0 Å². The van der Waals surface area contributed by atoms with E-state index in [-0.39, 0.29) is 16.9 Å². The van der Waals surface area contributed by atoms with Gasteiger partial charge in [-0.3, -0.25) is 4.79 Å². The lowest BCUT2D eigenvalue weighted by atomic mass is 10.1. The molecule has 0 amide bonds. The Morgan fingerprint density at radius 1 is 1.12 bits per heavy atom. The van der Waals surface area contributed by atoms with Gasteiger partial charge in [-0.25, -0.2) is 4.79 Å². The van der Waals surface area contributed by atoms with Crippen LogP contribution in [-0.2, 0) is 0 Å². The van der Waals surface area contributed by atoms with Gasteiger partial charge in [0.25, 0.3) is 0 Å². The van der Waals surface area contributed by atoms with Gasteiger partial charge in [0.1, 0.15) is 22.6 Å². The zero-order valence-electron chi connectivity index (χ0n) is 12.9. The Kier molecular flexibility index (Phi) is 4.16. The van der Waals surface area contributed by atoms with Crippen LogP contribution in [0.1, 0.15) is 15.9 Å². The largest absolute Gasteiger partial charge is 0.506 e. The number of carbonyl (C=O) groups excluding carboxylic acids is 1. The first kappa shape index (κ1) is 15.6. The first-order valence-corrected chi connectivity index (χ1v) is 7.22. The van der Waals surface area contributed by atoms with Gasteiger partial charge in [0.15, 0.2) is 5.78 Å². The SMILES string of the molecule is COc1ccccc1C=CC(=O)c1c(O)c2ccccc2oc1=O. The number of hydrogen-bond donors (Lipinski definition) is 1. The van der Waals surface area contributed by atoms with Gasteiger partial charge < -0.3 is 14.3 Å². The van der Waals surface area contributed by atoms with Crippen LogP contribution in [0.3, 0.4) is 0 Å². The lowest BCUT2D eigenvalue weighted by molar-refractivity contribution is 0.104. The van der Waals surface area contributed by atoms with Crippen molar-refractivity contribution in [2.24, 2.45) is 0 Å². The molecule has 0 unspecified atom stereocenters. The summed E-state index contributed by atoms with van der Waals surface area (Å²) in [6.45, 7) is 0. The minimum atomic E-state index is -0.874. The van der Waals surface area contributed by atoms with Crippen molar-refractivity contribution < 1.29 is 19.1 Å². The van der Waals surface area contributed by atoms with Crippen molar-refractivity contribution in [1.82, 2.24) is 0 Å². The highest BCUT2D eigenvalue weighted by molar-refractivity contribution is 6.10. The zero-order valence-corrected chi connectivity index (χ0v) is 12.9. The number of aromatic hydroxyl groups is 1. The van der Waals surface area contributed by atoms with Crippen molar-refractivity contribution in [1.29, 1.82) is 0 Å². The molecule has 0 radical (unpaired) electrons. The Labute approximate surface area is 137 Å². The van der Waals surface area contributed by atoms with Crippen molar-refractivity contribution in [3.63, 3.8) is 0 Å². The van der Waals surface area contributed by atoms with Gasteiger partial charge in [-0.15, -0.1) is 0 Å². The van der Waals surface area contributed by atoms with E-state index in [4.69, 9.17) is 9.15 Å². The Bertz CT molecular complexity index is 998. The fourth-order valence-corrected chi connectivity index (χ4v) is 2.40. The quantitative estimate of drug-likeness (QED) is 0.452. The highest BCUT2D eigenvalue weighted by atomic mass is 16.5. The Hall–Kier alpha value is -3.34. The molecule has 0 spiro atoms. The summed E-state index contributed by atoms with van der Waals surface area (Å²) in [5.41, 5.74) is -0.357. The molecule has 2 aromatic carbocycles. The molecule has 24 heavy (non-hydrogen) atoms. The van der Waals surface area contributed by atoms with Crippen LogP contribution in [0.5, 0.6) is 11.5 Å². The number of ether oxygens (including phenoxy) is 1. The van der Waals surface area contributed by atoms with E-state index in [0.29, 0.717) is 16.7 Å². The van der Waals surface area contributed by atoms with E-state index in [1.165, 1.54) is 19.3 Å². The molecule has 1 N–H and O–H groups in total. The van der Waals surface area contributed by atoms with Gasteiger partial charge in [-0.1, -0.05) is 30.3 Å². The van der Waals surface area contributed by atoms with Crippen LogP contribution >= 0.6 is 0 Å². The predicted molar refractivity (Wildman–Crippen MR) is 90.5 cm³/mol. The second-order valence-electron chi connectivity index (χ2n) is 5.05. The third-order valence-corrected chi connectivity index (χ3v) is 3.59. The second kappa shape index (κ2) is 6.42. The van der Waals surface area contributed by atoms with E-state index < -0.39 is 11.4 Å². The smallest absolute Gasteiger partial charge is 0.351 e. The number of para-hydroxylation sites is 2. The summed E-state index contributed by atoms with van der Waals surface area (Å²) in [6.07, 6.45) is 2.73. The Balaban J connectivity index is 2.03. The summed E-state index contributed by atoms with van der Waals surface area (Å²) in [6, 6.07) is 13.6. The molecule has 120 valence electrons. The molecule has 5 heteroatoms. The van der Waals surface area contributed by atoms with Crippen molar-refractivity contribution in [2.45, 2.75) is 0 Å². The maximum Gasteiger partial charge on any atom is 0.351 e. The summed E-state index contributed by atoms with van der Waals surface area (Å²) < 4.78 is 10.3. The minimum absolute atomic E-state index is 0.227. The second-order valence-corrected chi connectivity index (χ2v) is 5.05. The molecular weight excluding hydrogens is 308 g/mol. The van der Waals surface area contributed by atoms with Crippen molar-refractivity contribution in [3.05, 3.63) is 76.2 Å². The summed E-state index contributed by atoms with van der Waals surface area (Å²) in [4.78, 5) is 24.4. The van der Waals surface area contributed by atoms with Crippen LogP contribution in [0.15, 0.2) is 63.8 Å². The number of allylic oxidation sites excluding steroid dienone is 1. The predicted octanol–water partition coefficient (Wildman–Crippen LogP) is 3.40. The third-order valence-electron chi connectivity index (χ3n) is 3.59. The van der Waals surface area contributed by atoms with Crippen LogP contribution in [0.2, 0.25) is 0 Å². The monoisotopic (exact) mass is 322 g/mol. The molecule has 1 heterocycles. The Morgan fingerprint density at radius 3 is 2.62 bits per heavy atom. The molecule has 0 atom stereocenters. The molecule has 0 aliphatic rings. The first-order chi connectivity index (χ1) is 11.6. The molecule has 0 saturated carbocycles. The average molecular weight is 322 g/mol. The molecule has 0 saturated heterocycles. The number of hydrogen-bond acceptors (Lipinski definition) is 5. The summed E-state index contributed by atoms with van der Waals surface area (Å²) >= 11 is 0. The number of rotatable bonds is 4. The molecule has 1 aromatic heterocycles. The van der Waals surface area contributed by atoms with E-state index in [1.807, 2.05) is 6.07 Å². The number of fused-ring (bicyclic) bond motifs is 1. The Morgan fingerprint density at radius 2 is 1.83 bits per heavy atom. The molecule has 5 nitrogen and oxygen atoms in total. The van der Waals surface area contributed by atoms with Crippen LogP contribution in [0, 0.1) is 0 Å². The van der Waals surface area contributed by atoms with Gasteiger partial charge in [0, 0.05) is 5.56 Å². The van der Waals surface area contributed by atoms with Crippen LogP contribution < -0.4 is 10.4 Å². The fourth-order valence-electron chi connectivity index (χ4n) is 2.40. The van der Waals surface area contributed by atoms with Crippen LogP contribution in [0.25, 0.3) is 17.0 Å². The highest BCUT2D eigenvalue weighted by Crippen LogP contribution is 2.27. The van der Waals surface area contributed by atoms with E-state index >= 15 is 0 Å². The molecule has 0 fully saturated rings. The molecule has 0 bridgehead atoms. The summed E-state index contributed by atoms with van der Waals surface area (Å²) in [7, 11) is 1.53. The van der Waals surface area contributed by atoms with Crippen LogP contribution in [-0.4, -0.2) is 18.0 Å². The standard InChI is InChI=1S/C19H14O5/c1-23-15-8-4-2-6-12(15)10-11-14(20)17-18(21)13-7-3-5-9-16(13)24-19(17)22/h2-11,21H,1H3. The highest BCUT2D eigenvalue weighted by Gasteiger charge is 2.18. The van der Waals surface area contributed by atoms with Gasteiger partial charge in [0.05, 0.1) is 12.5 Å². The number of benzene rings is 2. The van der Waals surface area contributed by atoms with E-state index in [9.17, 15) is 14.7 Å². The molecule has 3 aromatic rings. The summed E-state index contributed by atoms with van der Waals surface area (Å²) in [5, 5.41) is 10.6. The molecule has 0 aliphatic carbocycles. The number of ketones is 1. The fraction of sp³-hybridized carbons (Fsp3) is 0.0526. The van der Waals surface area contributed by atoms with E-state index in [0.717, 1.165) is 0 Å². The van der Waals surface area contributed by atoms with Gasteiger partial charge >= 0.3 is 5.63 Å². The summed E-state index contributed by atoms with van der Waals surface area (Å²) in [5.74, 6) is -0.425. The van der Waals surface area contributed by atoms with Gasteiger partial charge in [-0.2, -0.15) is 0 Å². The first-order valence-electron chi connectivity index (χ1n) is 7.22. The molecule has 3 rings (SSSR count). The number of methoxy groups -OCH3 is 1. The van der Waals surface area contributed by atoms with Gasteiger partial charge in [-0.05, 0) is 30.4 Å². The lowest BCUT2D eigenvalue weighted by Crippen LogP contribution is -2.12. The minimum Gasteiger partial charge on any atom is -0.506 e. The topological polar surface area (TPSA) is 76.7 Å². The maximum absolute atomic E-state index is 12.4. The normalized spacial score (nSPS) is 11.0. The van der Waals surface area contributed by atoms with E-state index in [1.54, 1.807) is 42.5 Å². The number of carbonyl (C=O) groups is 1. The van der Waals surface area contributed by atoms with Crippen molar-refractivity contribution in [2.75, 3.05) is 7.11 Å². The third kappa shape index (κ3) is 2.79. The van der Waals surface area contributed by atoms with Crippen molar-refractivity contribution >= 4 is 22.8 Å². The molecular formula is C19H14O5.